The summed E-state index contributed by atoms with van der Waals surface area (Å²) in [6.07, 6.45) is 3.28. The summed E-state index contributed by atoms with van der Waals surface area (Å²) in [5.74, 6) is 0.301. The highest BCUT2D eigenvalue weighted by Gasteiger charge is 2.15. The predicted molar refractivity (Wildman–Crippen MR) is 55.5 cm³/mol. The van der Waals surface area contributed by atoms with Gasteiger partial charge in [-0.05, 0) is 12.6 Å². The molecule has 1 heterocycles. The van der Waals surface area contributed by atoms with Gasteiger partial charge >= 0.3 is 0 Å². The van der Waals surface area contributed by atoms with Gasteiger partial charge in [-0.1, -0.05) is 6.58 Å². The van der Waals surface area contributed by atoms with Gasteiger partial charge in [0.2, 0.25) is 11.8 Å². The van der Waals surface area contributed by atoms with Crippen molar-refractivity contribution in [2.45, 2.75) is 19.8 Å². The summed E-state index contributed by atoms with van der Waals surface area (Å²) in [7, 11) is 3.45. The third-order valence-electron chi connectivity index (χ3n) is 1.96. The minimum absolute atomic E-state index is 0.0926. The molecule has 0 unspecified atom stereocenters. The Morgan fingerprint density at radius 2 is 2.07 bits per heavy atom. The lowest BCUT2D eigenvalue weighted by Crippen LogP contribution is -2.17. The van der Waals surface area contributed by atoms with Gasteiger partial charge in [-0.25, -0.2) is 0 Å². The zero-order chi connectivity index (χ0) is 11.1. The molecule has 1 fully saturated rings. The van der Waals surface area contributed by atoms with E-state index in [1.54, 1.807) is 25.2 Å². The van der Waals surface area contributed by atoms with Crippen molar-refractivity contribution in [3.05, 3.63) is 12.8 Å². The first kappa shape index (κ1) is 12.7. The van der Waals surface area contributed by atoms with Crippen molar-refractivity contribution in [2.24, 2.45) is 0 Å². The fourth-order valence-electron chi connectivity index (χ4n) is 0.862. The summed E-state index contributed by atoms with van der Waals surface area (Å²) >= 11 is 0. The fourth-order valence-corrected chi connectivity index (χ4v) is 0.862. The molecule has 4 nitrogen and oxygen atoms in total. The molecule has 0 aromatic heterocycles. The number of nitrogens with zero attached hydrogens (tertiary/aromatic N) is 2. The average molecular weight is 198 g/mol. The van der Waals surface area contributed by atoms with Crippen LogP contribution in [0, 0.1) is 0 Å². The summed E-state index contributed by atoms with van der Waals surface area (Å²) in [6.45, 7) is 5.89. The molecule has 0 aromatic carbocycles. The zero-order valence-electron chi connectivity index (χ0n) is 9.12. The van der Waals surface area contributed by atoms with Crippen LogP contribution in [0.25, 0.3) is 0 Å². The molecule has 0 aromatic rings. The Hall–Kier alpha value is -1.32. The Kier molecular flexibility index (Phi) is 5.60. The number of hydrogen-bond acceptors (Lipinski definition) is 2. The summed E-state index contributed by atoms with van der Waals surface area (Å²) in [6, 6.07) is 0. The molecule has 0 aliphatic carbocycles. The third kappa shape index (κ3) is 4.64. The van der Waals surface area contributed by atoms with Crippen LogP contribution in [-0.2, 0) is 9.59 Å². The molecule has 80 valence electrons. The molecule has 1 aliphatic rings. The largest absolute Gasteiger partial charge is 0.349 e. The van der Waals surface area contributed by atoms with E-state index in [4.69, 9.17) is 0 Å². The van der Waals surface area contributed by atoms with E-state index in [0.717, 1.165) is 13.0 Å². The van der Waals surface area contributed by atoms with Gasteiger partial charge in [0.1, 0.15) is 0 Å². The minimum Gasteiger partial charge on any atom is -0.349 e. The van der Waals surface area contributed by atoms with E-state index in [1.165, 1.54) is 11.8 Å². The molecule has 1 rings (SSSR count). The Morgan fingerprint density at radius 3 is 2.21 bits per heavy atom. The van der Waals surface area contributed by atoms with Gasteiger partial charge in [-0.2, -0.15) is 0 Å². The molecule has 0 saturated carbocycles. The molecular formula is C10H18N2O2. The van der Waals surface area contributed by atoms with Crippen LogP contribution >= 0.6 is 0 Å². The van der Waals surface area contributed by atoms with Gasteiger partial charge in [-0.15, -0.1) is 0 Å². The maximum atomic E-state index is 10.7. The van der Waals surface area contributed by atoms with E-state index < -0.39 is 0 Å². The second-order valence-corrected chi connectivity index (χ2v) is 3.29. The second-order valence-electron chi connectivity index (χ2n) is 3.29. The lowest BCUT2D eigenvalue weighted by atomic mass is 10.4. The van der Waals surface area contributed by atoms with Crippen LogP contribution in [0.5, 0.6) is 0 Å². The van der Waals surface area contributed by atoms with Crippen molar-refractivity contribution < 1.29 is 9.59 Å². The first-order valence-corrected chi connectivity index (χ1v) is 4.59. The van der Waals surface area contributed by atoms with Crippen molar-refractivity contribution in [3.8, 4) is 0 Å². The van der Waals surface area contributed by atoms with Gasteiger partial charge in [-0.3, -0.25) is 9.59 Å². The molecule has 2 amide bonds. The van der Waals surface area contributed by atoms with E-state index in [9.17, 15) is 9.59 Å². The summed E-state index contributed by atoms with van der Waals surface area (Å²) in [5, 5.41) is 0. The van der Waals surface area contributed by atoms with Crippen LogP contribution < -0.4 is 0 Å². The molecule has 0 spiro atoms. The van der Waals surface area contributed by atoms with Crippen molar-refractivity contribution >= 4 is 11.8 Å². The lowest BCUT2D eigenvalue weighted by molar-refractivity contribution is -0.126. The van der Waals surface area contributed by atoms with Crippen LogP contribution in [0.1, 0.15) is 19.8 Å². The van der Waals surface area contributed by atoms with E-state index in [-0.39, 0.29) is 11.8 Å². The Bertz CT molecular complexity index is 224. The second kappa shape index (κ2) is 6.18. The lowest BCUT2D eigenvalue weighted by Gasteiger charge is -2.05. The van der Waals surface area contributed by atoms with E-state index in [2.05, 4.69) is 6.58 Å². The molecule has 0 atom stereocenters. The number of likely N-dealkylation sites (tertiary alicyclic amines) is 1. The molecule has 0 N–H and O–H groups in total. The first-order chi connectivity index (χ1) is 6.49. The third-order valence-corrected chi connectivity index (χ3v) is 1.96. The fraction of sp³-hybridized carbons (Fsp3) is 0.600. The molecule has 0 radical (unpaired) electrons. The van der Waals surface area contributed by atoms with Gasteiger partial charge in [0.05, 0.1) is 0 Å². The van der Waals surface area contributed by atoms with E-state index in [0.29, 0.717) is 6.42 Å². The van der Waals surface area contributed by atoms with Crippen molar-refractivity contribution in [2.75, 3.05) is 20.6 Å². The Labute approximate surface area is 85.2 Å². The van der Waals surface area contributed by atoms with Gasteiger partial charge < -0.3 is 9.80 Å². The molecule has 0 bridgehead atoms. The maximum Gasteiger partial charge on any atom is 0.226 e. The zero-order valence-corrected chi connectivity index (χ0v) is 9.12. The number of amides is 2. The van der Waals surface area contributed by atoms with Crippen LogP contribution in [-0.4, -0.2) is 42.3 Å². The molecule has 14 heavy (non-hydrogen) atoms. The summed E-state index contributed by atoms with van der Waals surface area (Å²) in [4.78, 5) is 23.9. The highest BCUT2D eigenvalue weighted by Crippen LogP contribution is 2.08. The highest BCUT2D eigenvalue weighted by atomic mass is 16.2. The number of carbonyl (C=O) groups excluding carboxylic acids is 2. The maximum absolute atomic E-state index is 10.7. The number of carbonyl (C=O) groups is 2. The predicted octanol–water partition coefficient (Wildman–Crippen LogP) is 0.847. The Balaban J connectivity index is 0.000000255. The molecular weight excluding hydrogens is 180 g/mol. The summed E-state index contributed by atoms with van der Waals surface area (Å²) < 4.78 is 0. The first-order valence-electron chi connectivity index (χ1n) is 4.59. The van der Waals surface area contributed by atoms with Gasteiger partial charge in [0.25, 0.3) is 0 Å². The van der Waals surface area contributed by atoms with E-state index >= 15 is 0 Å². The van der Waals surface area contributed by atoms with Crippen molar-refractivity contribution in [1.29, 1.82) is 0 Å². The average Bonchev–Trinajstić information content (AvgIpc) is 2.51. The van der Waals surface area contributed by atoms with Crippen LogP contribution in [0.3, 0.4) is 0 Å². The van der Waals surface area contributed by atoms with Crippen LogP contribution in [0.2, 0.25) is 0 Å². The Morgan fingerprint density at radius 1 is 1.57 bits per heavy atom. The highest BCUT2D eigenvalue weighted by molar-refractivity contribution is 5.78. The summed E-state index contributed by atoms with van der Waals surface area (Å²) in [5.41, 5.74) is 0. The van der Waals surface area contributed by atoms with Crippen LogP contribution in [0.4, 0.5) is 0 Å². The molecule has 4 heteroatoms. The molecule has 1 aliphatic heterocycles. The monoisotopic (exact) mass is 198 g/mol. The quantitative estimate of drug-likeness (QED) is 0.626. The van der Waals surface area contributed by atoms with Crippen molar-refractivity contribution in [3.63, 3.8) is 0 Å². The normalized spacial score (nSPS) is 14.5. The van der Waals surface area contributed by atoms with E-state index in [1.807, 2.05) is 0 Å². The minimum atomic E-state index is 0.0926. The van der Waals surface area contributed by atoms with Crippen molar-refractivity contribution in [1.82, 2.24) is 9.80 Å². The van der Waals surface area contributed by atoms with Gasteiger partial charge in [0, 0.05) is 34.0 Å². The van der Waals surface area contributed by atoms with Gasteiger partial charge in [0.15, 0.2) is 0 Å². The number of rotatable bonds is 1. The molecule has 1 saturated heterocycles. The SMILES string of the molecule is C=CN1CCCC1=O.CC(=O)N(C)C. The number of hydrogen-bond donors (Lipinski definition) is 0. The smallest absolute Gasteiger partial charge is 0.226 e. The topological polar surface area (TPSA) is 40.6 Å². The van der Waals surface area contributed by atoms with Crippen LogP contribution in [0.15, 0.2) is 12.8 Å². The standard InChI is InChI=1S/C6H9NO.C4H9NO/c1-2-7-5-3-4-6(7)8;1-4(6)5(2)3/h2H,1,3-5H2;1-3H3.